The number of amides is 2. The first-order valence-corrected chi connectivity index (χ1v) is 15.8. The number of ether oxygens (including phenoxy) is 2. The highest BCUT2D eigenvalue weighted by atomic mass is 19.1. The van der Waals surface area contributed by atoms with Crippen LogP contribution in [-0.4, -0.2) is 63.5 Å². The van der Waals surface area contributed by atoms with E-state index in [-0.39, 0.29) is 30.3 Å². The third-order valence-corrected chi connectivity index (χ3v) is 10.0. The van der Waals surface area contributed by atoms with Crippen LogP contribution >= 0.6 is 0 Å². The Bertz CT molecular complexity index is 1430. The fourth-order valence-corrected chi connectivity index (χ4v) is 7.67. The van der Waals surface area contributed by atoms with E-state index in [4.69, 9.17) is 14.5 Å². The average Bonchev–Trinajstić information content (AvgIpc) is 3.50. The van der Waals surface area contributed by atoms with Gasteiger partial charge in [0.25, 0.3) is 0 Å². The molecule has 1 N–H and O–H groups in total. The molecule has 2 amide bonds. The molecule has 1 saturated heterocycles. The zero-order valence-electron chi connectivity index (χ0n) is 25.8. The minimum Gasteiger partial charge on any atom is -0.471 e. The topological polar surface area (TPSA) is 111 Å². The monoisotopic (exact) mass is 594 g/mol. The average molecular weight is 595 g/mol. The smallest absolute Gasteiger partial charge is 0.408 e. The Hall–Kier alpha value is -3.30. The van der Waals surface area contributed by atoms with Gasteiger partial charge in [-0.05, 0) is 74.3 Å². The van der Waals surface area contributed by atoms with Gasteiger partial charge in [-0.3, -0.25) is 9.59 Å². The summed E-state index contributed by atoms with van der Waals surface area (Å²) >= 11 is 0. The lowest BCUT2D eigenvalue weighted by atomic mass is 9.85. The maximum atomic E-state index is 14.2. The molecule has 2 unspecified atom stereocenters. The number of aromatic nitrogens is 2. The van der Waals surface area contributed by atoms with E-state index in [9.17, 15) is 18.8 Å². The largest absolute Gasteiger partial charge is 0.471 e. The van der Waals surface area contributed by atoms with Crippen LogP contribution in [0.2, 0.25) is 0 Å². The minimum absolute atomic E-state index is 0.143. The summed E-state index contributed by atoms with van der Waals surface area (Å²) in [5.41, 5.74) is 1.04. The Balaban J connectivity index is 1.36. The van der Waals surface area contributed by atoms with Gasteiger partial charge in [0.1, 0.15) is 29.8 Å². The van der Waals surface area contributed by atoms with Crippen LogP contribution in [0.4, 0.5) is 9.18 Å². The first-order chi connectivity index (χ1) is 20.4. The van der Waals surface area contributed by atoms with E-state index in [1.54, 1.807) is 11.0 Å². The van der Waals surface area contributed by atoms with Crippen LogP contribution in [0, 0.1) is 34.9 Å². The van der Waals surface area contributed by atoms with Crippen molar-refractivity contribution < 1.29 is 28.2 Å². The van der Waals surface area contributed by atoms with Crippen molar-refractivity contribution in [3.05, 3.63) is 29.7 Å². The fraction of sp³-hybridized carbons (Fsp3) is 0.667. The molecule has 9 nitrogen and oxygen atoms in total. The van der Waals surface area contributed by atoms with E-state index >= 15 is 0 Å². The molecular weight excluding hydrogens is 551 g/mol. The van der Waals surface area contributed by atoms with Crippen molar-refractivity contribution in [1.29, 1.82) is 0 Å². The van der Waals surface area contributed by atoms with Crippen molar-refractivity contribution in [3.8, 4) is 5.88 Å². The summed E-state index contributed by atoms with van der Waals surface area (Å²) in [6.07, 6.45) is 5.30. The molecule has 232 valence electrons. The van der Waals surface area contributed by atoms with E-state index in [2.05, 4.69) is 10.3 Å². The van der Waals surface area contributed by atoms with Crippen LogP contribution in [-0.2, 0) is 20.7 Å². The van der Waals surface area contributed by atoms with Crippen molar-refractivity contribution in [2.45, 2.75) is 104 Å². The summed E-state index contributed by atoms with van der Waals surface area (Å²) in [4.78, 5) is 51.4. The molecule has 0 spiro atoms. The Morgan fingerprint density at radius 1 is 1.02 bits per heavy atom. The lowest BCUT2D eigenvalue weighted by Gasteiger charge is -2.35. The number of nitrogens with one attached hydrogen (secondary N) is 1. The number of halogens is 1. The molecule has 2 aromatic rings. The molecule has 6 rings (SSSR count). The third-order valence-electron chi connectivity index (χ3n) is 10.0. The number of hydrogen-bond donors (Lipinski definition) is 1. The maximum absolute atomic E-state index is 14.2. The molecule has 3 heterocycles. The van der Waals surface area contributed by atoms with Crippen molar-refractivity contribution >= 4 is 28.8 Å². The highest BCUT2D eigenvalue weighted by Gasteiger charge is 2.55. The minimum atomic E-state index is -0.903. The van der Waals surface area contributed by atoms with E-state index in [0.29, 0.717) is 46.8 Å². The number of Topliss-reactive ketones (excluding diaryl/α,β-unsaturated/α-hetero) is 1. The molecule has 2 aliphatic carbocycles. The predicted molar refractivity (Wildman–Crippen MR) is 158 cm³/mol. The number of ketones is 1. The van der Waals surface area contributed by atoms with E-state index in [1.807, 2.05) is 27.7 Å². The van der Waals surface area contributed by atoms with Crippen molar-refractivity contribution in [2.75, 3.05) is 6.54 Å². The van der Waals surface area contributed by atoms with Gasteiger partial charge >= 0.3 is 6.09 Å². The third kappa shape index (κ3) is 5.94. The second-order valence-corrected chi connectivity index (χ2v) is 14.2. The van der Waals surface area contributed by atoms with E-state index in [1.165, 1.54) is 25.5 Å². The van der Waals surface area contributed by atoms with Gasteiger partial charge in [-0.1, -0.05) is 40.5 Å². The van der Waals surface area contributed by atoms with Crippen LogP contribution < -0.4 is 10.1 Å². The van der Waals surface area contributed by atoms with Crippen molar-refractivity contribution in [2.24, 2.45) is 29.1 Å². The Labute approximate surface area is 252 Å². The summed E-state index contributed by atoms with van der Waals surface area (Å²) in [6.45, 7) is 9.18. The van der Waals surface area contributed by atoms with Crippen molar-refractivity contribution in [3.63, 3.8) is 0 Å². The van der Waals surface area contributed by atoms with Crippen LogP contribution in [0.1, 0.15) is 78.8 Å². The quantitative estimate of drug-likeness (QED) is 0.481. The standard InChI is InChI=1S/C33H43FN4O5/c1-17-27-16-38(28(17)18(2)39)31(40)29(33(3,4)5)37-32(41)43-26-14-19-13-22(19)21(26)9-7-6-8-10-24-30(42-27)36-25-15-20(34)11-12-23(25)35-24/h11-12,15,17,19,21-22,26-29H,6-10,13-14,16H2,1-5H3,(H,37,41)/t17-,19?,21-,22?,26-,27+,28+,29-/m1/s1. The SMILES string of the molecule is CC(=O)[C@@H]1[C@H](C)[C@@H]2CN1C(=O)[C@H](C(C)(C)C)NC(=O)O[C@@H]1CC3CC3[C@H]1CCCCCc1nc3ccc(F)cc3nc1O2. The molecule has 2 bridgehead atoms. The highest BCUT2D eigenvalue weighted by Crippen LogP contribution is 2.57. The molecule has 4 aliphatic rings. The van der Waals surface area contributed by atoms with Gasteiger partial charge in [0, 0.05) is 12.0 Å². The molecular formula is C33H43FN4O5. The summed E-state index contributed by atoms with van der Waals surface area (Å²) in [6, 6.07) is 2.70. The van der Waals surface area contributed by atoms with Gasteiger partial charge in [0.15, 0.2) is 5.78 Å². The number of carbonyl (C=O) groups is 3. The Morgan fingerprint density at radius 2 is 1.81 bits per heavy atom. The molecule has 2 aliphatic heterocycles. The summed E-state index contributed by atoms with van der Waals surface area (Å²) in [5.74, 6) is 0.609. The molecule has 1 aromatic heterocycles. The molecule has 1 aromatic carbocycles. The Kier molecular flexibility index (Phi) is 7.84. The number of carbonyl (C=O) groups excluding carboxylic acids is 3. The van der Waals surface area contributed by atoms with Crippen molar-refractivity contribution in [1.82, 2.24) is 20.2 Å². The van der Waals surface area contributed by atoms with Gasteiger partial charge in [-0.2, -0.15) is 0 Å². The zero-order valence-corrected chi connectivity index (χ0v) is 25.8. The summed E-state index contributed by atoms with van der Waals surface area (Å²) in [7, 11) is 0. The maximum Gasteiger partial charge on any atom is 0.408 e. The number of rotatable bonds is 1. The molecule has 8 atom stereocenters. The number of alkyl carbamates (subject to hydrolysis) is 1. The van der Waals surface area contributed by atoms with Gasteiger partial charge in [-0.15, -0.1) is 0 Å². The number of aryl methyl sites for hydroxylation is 1. The second kappa shape index (κ2) is 11.3. The first-order valence-electron chi connectivity index (χ1n) is 15.8. The van der Waals surface area contributed by atoms with Gasteiger partial charge in [0.2, 0.25) is 11.8 Å². The second-order valence-electron chi connectivity index (χ2n) is 14.2. The fourth-order valence-electron chi connectivity index (χ4n) is 7.67. The summed E-state index contributed by atoms with van der Waals surface area (Å²) < 4.78 is 26.6. The molecule has 0 radical (unpaired) electrons. The molecule has 2 saturated carbocycles. The lowest BCUT2D eigenvalue weighted by Crippen LogP contribution is -2.57. The highest BCUT2D eigenvalue weighted by molar-refractivity contribution is 5.92. The van der Waals surface area contributed by atoms with Crippen LogP contribution in [0.5, 0.6) is 5.88 Å². The first kappa shape index (κ1) is 29.8. The lowest BCUT2D eigenvalue weighted by molar-refractivity contribution is -0.141. The number of hydrogen-bond acceptors (Lipinski definition) is 7. The van der Waals surface area contributed by atoms with Crippen LogP contribution in [0.25, 0.3) is 11.0 Å². The van der Waals surface area contributed by atoms with Crippen LogP contribution in [0.15, 0.2) is 18.2 Å². The molecule has 10 heteroatoms. The number of nitrogens with zero attached hydrogens (tertiary/aromatic N) is 3. The molecule has 43 heavy (non-hydrogen) atoms. The number of benzene rings is 1. The Morgan fingerprint density at radius 3 is 2.56 bits per heavy atom. The van der Waals surface area contributed by atoms with Gasteiger partial charge < -0.3 is 19.7 Å². The van der Waals surface area contributed by atoms with Crippen LogP contribution in [0.3, 0.4) is 0 Å². The summed E-state index contributed by atoms with van der Waals surface area (Å²) in [5, 5.41) is 2.89. The number of fused-ring (bicyclic) bond motifs is 7. The normalized spacial score (nSPS) is 33.3. The molecule has 3 fully saturated rings. The predicted octanol–water partition coefficient (Wildman–Crippen LogP) is 5.23. The van der Waals surface area contributed by atoms with Gasteiger partial charge in [-0.25, -0.2) is 19.2 Å². The zero-order chi connectivity index (χ0) is 30.6. The van der Waals surface area contributed by atoms with E-state index in [0.717, 1.165) is 32.1 Å². The van der Waals surface area contributed by atoms with Gasteiger partial charge in [0.05, 0.1) is 23.6 Å². The van der Waals surface area contributed by atoms with E-state index < -0.39 is 35.5 Å².